The van der Waals surface area contributed by atoms with Crippen LogP contribution >= 0.6 is 0 Å². The van der Waals surface area contributed by atoms with Crippen LogP contribution in [0.25, 0.3) is 6.08 Å². The number of amides is 3. The minimum atomic E-state index is -0.919. The molecule has 2 saturated heterocycles. The second-order valence-electron chi connectivity index (χ2n) is 7.79. The fraction of sp³-hybridized carbons (Fsp3) is 0.261. The molecule has 3 aliphatic rings. The lowest BCUT2D eigenvalue weighted by Gasteiger charge is -2.34. The maximum Gasteiger partial charge on any atom is 0.240 e. The Bertz CT molecular complexity index is 1140. The Balaban J connectivity index is 1.66. The average Bonchev–Trinajstić information content (AvgIpc) is 3.26. The molecule has 0 radical (unpaired) electrons. The molecule has 0 aromatic heterocycles. The largest absolute Gasteiger partial charge is 0.497 e. The summed E-state index contributed by atoms with van der Waals surface area (Å²) < 4.78 is 10.7. The van der Waals surface area contributed by atoms with E-state index in [0.717, 1.165) is 16.0 Å². The van der Waals surface area contributed by atoms with Crippen molar-refractivity contribution in [3.05, 3.63) is 59.8 Å². The van der Waals surface area contributed by atoms with E-state index in [1.807, 2.05) is 30.3 Å². The average molecular weight is 419 g/mol. The number of anilines is 1. The number of hydrogen-bond donors (Lipinski definition) is 1. The highest BCUT2D eigenvalue weighted by Gasteiger charge is 2.64. The Labute approximate surface area is 178 Å². The highest BCUT2D eigenvalue weighted by molar-refractivity contribution is 6.24. The SMILES string of the molecule is COc1ccc(OC)c(N2C(=O)[C@@H]3[C@@H](C2=O)[C@@H]2c4ccccc4C=CN2[C@@H]3C(N)=O)c1. The van der Waals surface area contributed by atoms with Gasteiger partial charge in [-0.25, -0.2) is 4.90 Å². The van der Waals surface area contributed by atoms with E-state index in [1.165, 1.54) is 14.2 Å². The third-order valence-electron chi connectivity index (χ3n) is 6.38. The Morgan fingerprint density at radius 3 is 2.45 bits per heavy atom. The normalized spacial score (nSPS) is 25.9. The summed E-state index contributed by atoms with van der Waals surface area (Å²) in [4.78, 5) is 42.6. The molecule has 158 valence electrons. The van der Waals surface area contributed by atoms with Crippen LogP contribution < -0.4 is 20.1 Å². The smallest absolute Gasteiger partial charge is 0.240 e. The van der Waals surface area contributed by atoms with E-state index in [2.05, 4.69) is 0 Å². The third kappa shape index (κ3) is 2.57. The minimum absolute atomic E-state index is 0.292. The second-order valence-corrected chi connectivity index (χ2v) is 7.79. The summed E-state index contributed by atoms with van der Waals surface area (Å²) in [6.45, 7) is 0. The molecule has 8 heteroatoms. The molecule has 31 heavy (non-hydrogen) atoms. The van der Waals surface area contributed by atoms with Crippen LogP contribution in [0.5, 0.6) is 11.5 Å². The van der Waals surface area contributed by atoms with Crippen molar-refractivity contribution in [2.24, 2.45) is 17.6 Å². The van der Waals surface area contributed by atoms with E-state index in [-0.39, 0.29) is 5.91 Å². The predicted molar refractivity (Wildman–Crippen MR) is 112 cm³/mol. The first kappa shape index (κ1) is 19.2. The van der Waals surface area contributed by atoms with Gasteiger partial charge in [0.15, 0.2) is 0 Å². The summed E-state index contributed by atoms with van der Waals surface area (Å²) >= 11 is 0. The number of hydrogen-bond acceptors (Lipinski definition) is 6. The van der Waals surface area contributed by atoms with Crippen LogP contribution in [0.1, 0.15) is 17.2 Å². The molecule has 2 aromatic rings. The van der Waals surface area contributed by atoms with E-state index in [1.54, 1.807) is 29.3 Å². The highest BCUT2D eigenvalue weighted by atomic mass is 16.5. The highest BCUT2D eigenvalue weighted by Crippen LogP contribution is 2.53. The first-order valence-corrected chi connectivity index (χ1v) is 9.91. The number of rotatable bonds is 4. The number of benzene rings is 2. The van der Waals surface area contributed by atoms with Gasteiger partial charge in [-0.3, -0.25) is 14.4 Å². The number of carbonyl (C=O) groups is 3. The predicted octanol–water partition coefficient (Wildman–Crippen LogP) is 1.70. The number of nitrogens with two attached hydrogens (primary N) is 1. The van der Waals surface area contributed by atoms with Gasteiger partial charge >= 0.3 is 0 Å². The summed E-state index contributed by atoms with van der Waals surface area (Å²) in [5.74, 6) is -2.28. The van der Waals surface area contributed by atoms with Crippen LogP contribution in [0.3, 0.4) is 0 Å². The van der Waals surface area contributed by atoms with Crippen LogP contribution in [0.2, 0.25) is 0 Å². The van der Waals surface area contributed by atoms with Crippen molar-refractivity contribution < 1.29 is 23.9 Å². The van der Waals surface area contributed by atoms with E-state index in [4.69, 9.17) is 15.2 Å². The molecule has 0 unspecified atom stereocenters. The van der Waals surface area contributed by atoms with Gasteiger partial charge in [-0.1, -0.05) is 24.3 Å². The lowest BCUT2D eigenvalue weighted by molar-refractivity contribution is -0.129. The number of ether oxygens (including phenoxy) is 2. The number of primary amides is 1. The Kier molecular flexibility index (Phi) is 4.25. The topological polar surface area (TPSA) is 102 Å². The quantitative estimate of drug-likeness (QED) is 0.757. The van der Waals surface area contributed by atoms with Crippen molar-refractivity contribution in [1.29, 1.82) is 0 Å². The maximum atomic E-state index is 13.7. The van der Waals surface area contributed by atoms with Gasteiger partial charge in [-0.2, -0.15) is 0 Å². The molecule has 4 atom stereocenters. The summed E-state index contributed by atoms with van der Waals surface area (Å²) in [6.07, 6.45) is 3.64. The van der Waals surface area contributed by atoms with Crippen molar-refractivity contribution >= 4 is 29.5 Å². The molecule has 2 fully saturated rings. The minimum Gasteiger partial charge on any atom is -0.497 e. The van der Waals surface area contributed by atoms with Gasteiger partial charge in [0.1, 0.15) is 17.5 Å². The first-order chi connectivity index (χ1) is 15.0. The summed E-state index contributed by atoms with van der Waals surface area (Å²) in [5, 5.41) is 0. The lowest BCUT2D eigenvalue weighted by atomic mass is 9.84. The number of imide groups is 1. The molecule has 2 aromatic carbocycles. The fourth-order valence-electron chi connectivity index (χ4n) is 5.09. The monoisotopic (exact) mass is 419 g/mol. The molecular formula is C23H21N3O5. The van der Waals surface area contributed by atoms with Gasteiger partial charge in [0, 0.05) is 12.3 Å². The molecule has 3 amide bonds. The molecule has 0 bridgehead atoms. The zero-order valence-corrected chi connectivity index (χ0v) is 17.0. The molecule has 8 nitrogen and oxygen atoms in total. The Morgan fingerprint density at radius 2 is 1.74 bits per heavy atom. The van der Waals surface area contributed by atoms with Crippen molar-refractivity contribution in [1.82, 2.24) is 4.90 Å². The van der Waals surface area contributed by atoms with E-state index in [0.29, 0.717) is 17.2 Å². The Hall–Kier alpha value is -3.81. The van der Waals surface area contributed by atoms with Gasteiger partial charge in [-0.15, -0.1) is 0 Å². The third-order valence-corrected chi connectivity index (χ3v) is 6.38. The van der Waals surface area contributed by atoms with Crippen LogP contribution in [0, 0.1) is 11.8 Å². The summed E-state index contributed by atoms with van der Waals surface area (Å²) in [7, 11) is 2.97. The zero-order valence-electron chi connectivity index (χ0n) is 17.0. The van der Waals surface area contributed by atoms with Gasteiger partial charge in [0.25, 0.3) is 0 Å². The van der Waals surface area contributed by atoms with E-state index < -0.39 is 35.7 Å². The van der Waals surface area contributed by atoms with E-state index in [9.17, 15) is 14.4 Å². The molecule has 2 N–H and O–H groups in total. The van der Waals surface area contributed by atoms with Gasteiger partial charge in [0.05, 0.1) is 37.8 Å². The lowest BCUT2D eigenvalue weighted by Crippen LogP contribution is -2.46. The molecule has 5 rings (SSSR count). The molecule has 3 aliphatic heterocycles. The maximum absolute atomic E-state index is 13.7. The van der Waals surface area contributed by atoms with Crippen molar-refractivity contribution in [3.8, 4) is 11.5 Å². The number of carbonyl (C=O) groups excluding carboxylic acids is 3. The number of methoxy groups -OCH3 is 2. The van der Waals surface area contributed by atoms with Gasteiger partial charge < -0.3 is 20.1 Å². The molecule has 0 spiro atoms. The van der Waals surface area contributed by atoms with Gasteiger partial charge in [0.2, 0.25) is 17.7 Å². The van der Waals surface area contributed by atoms with Crippen LogP contribution in [-0.2, 0) is 14.4 Å². The van der Waals surface area contributed by atoms with E-state index >= 15 is 0 Å². The van der Waals surface area contributed by atoms with Crippen molar-refractivity contribution in [2.75, 3.05) is 19.1 Å². The standard InChI is InChI=1S/C23H21N3O5/c1-30-13-7-8-16(31-2)15(11-13)26-22(28)17-18(23(26)29)20(21(24)27)25-10-9-12-5-3-4-6-14(12)19(17)25/h3-11,17-20H,1-2H3,(H2,24,27)/t17-,18-,19+,20+/m1/s1. The second kappa shape index (κ2) is 6.87. The fourth-order valence-corrected chi connectivity index (χ4v) is 5.09. The molecule has 0 saturated carbocycles. The van der Waals surface area contributed by atoms with Crippen LogP contribution in [0.4, 0.5) is 5.69 Å². The summed E-state index contributed by atoms with van der Waals surface area (Å²) in [5.41, 5.74) is 7.87. The Morgan fingerprint density at radius 1 is 1.00 bits per heavy atom. The summed E-state index contributed by atoms with van der Waals surface area (Å²) in [6, 6.07) is 11.2. The van der Waals surface area contributed by atoms with Crippen molar-refractivity contribution in [3.63, 3.8) is 0 Å². The van der Waals surface area contributed by atoms with Gasteiger partial charge in [-0.05, 0) is 29.3 Å². The first-order valence-electron chi connectivity index (χ1n) is 9.91. The molecular weight excluding hydrogens is 398 g/mol. The van der Waals surface area contributed by atoms with Crippen LogP contribution in [0.15, 0.2) is 48.7 Å². The number of nitrogens with zero attached hydrogens (tertiary/aromatic N) is 2. The molecule has 3 heterocycles. The van der Waals surface area contributed by atoms with Crippen molar-refractivity contribution in [2.45, 2.75) is 12.1 Å². The zero-order chi connectivity index (χ0) is 21.9. The number of fused-ring (bicyclic) bond motifs is 5. The van der Waals surface area contributed by atoms with Crippen LogP contribution in [-0.4, -0.2) is 42.9 Å². The molecule has 0 aliphatic carbocycles.